The summed E-state index contributed by atoms with van der Waals surface area (Å²) in [6.45, 7) is 0.617. The first-order valence-corrected chi connectivity index (χ1v) is 8.54. The van der Waals surface area contributed by atoms with Gasteiger partial charge in [-0.25, -0.2) is 4.98 Å². The number of nitrogens with zero attached hydrogens (tertiary/aromatic N) is 1. The molecule has 3 rings (SSSR count). The fourth-order valence-corrected chi connectivity index (χ4v) is 3.98. The molecule has 0 atom stereocenters. The fraction of sp³-hybridized carbons (Fsp3) is 0.733. The van der Waals surface area contributed by atoms with Gasteiger partial charge in [-0.2, -0.15) is 0 Å². The third kappa shape index (κ3) is 3.20. The molecule has 2 saturated carbocycles. The number of nitrogens with one attached hydrogen (secondary N) is 1. The Kier molecular flexibility index (Phi) is 4.08. The second kappa shape index (κ2) is 5.82. The maximum Gasteiger partial charge on any atom is 0.226 e. The van der Waals surface area contributed by atoms with Gasteiger partial charge in [-0.15, -0.1) is 11.3 Å². The van der Waals surface area contributed by atoms with Crippen LogP contribution in [-0.4, -0.2) is 17.4 Å². The van der Waals surface area contributed by atoms with Gasteiger partial charge in [0.15, 0.2) is 5.13 Å². The number of hydrogen-bond donors (Lipinski definition) is 2. The Balaban J connectivity index is 1.57. The van der Waals surface area contributed by atoms with Crippen molar-refractivity contribution in [3.63, 3.8) is 0 Å². The summed E-state index contributed by atoms with van der Waals surface area (Å²) in [6.07, 6.45) is 8.88. The first-order chi connectivity index (χ1) is 9.71. The Morgan fingerprint density at radius 2 is 2.15 bits per heavy atom. The minimum Gasteiger partial charge on any atom is -0.330 e. The fourth-order valence-electron chi connectivity index (χ4n) is 3.17. The number of carbonyl (C=O) groups is 1. The molecule has 110 valence electrons. The average Bonchev–Trinajstić information content (AvgIpc) is 3.21. The Labute approximate surface area is 124 Å². The largest absolute Gasteiger partial charge is 0.330 e. The second-order valence-corrected chi connectivity index (χ2v) is 7.20. The zero-order valence-corrected chi connectivity index (χ0v) is 12.7. The molecule has 2 fully saturated rings. The summed E-state index contributed by atoms with van der Waals surface area (Å²) < 4.78 is 0. The zero-order valence-electron chi connectivity index (χ0n) is 11.9. The van der Waals surface area contributed by atoms with E-state index in [9.17, 15) is 4.79 Å². The van der Waals surface area contributed by atoms with Crippen LogP contribution in [0.3, 0.4) is 0 Å². The predicted octanol–water partition coefficient (Wildman–Crippen LogP) is 3.26. The lowest BCUT2D eigenvalue weighted by atomic mass is 9.72. The molecule has 1 aromatic heterocycles. The van der Waals surface area contributed by atoms with E-state index in [-0.39, 0.29) is 11.3 Å². The van der Waals surface area contributed by atoms with Gasteiger partial charge in [0.05, 0.1) is 5.69 Å². The molecule has 0 spiro atoms. The molecule has 4 nitrogen and oxygen atoms in total. The highest BCUT2D eigenvalue weighted by molar-refractivity contribution is 7.13. The SMILES string of the molecule is NCC1(CC(=O)Nc2nc(C3CC3)cs2)CCCCC1. The van der Waals surface area contributed by atoms with Crippen molar-refractivity contribution in [1.82, 2.24) is 4.98 Å². The first kappa shape index (κ1) is 14.0. The van der Waals surface area contributed by atoms with Gasteiger partial charge in [0.2, 0.25) is 5.91 Å². The molecule has 20 heavy (non-hydrogen) atoms. The summed E-state index contributed by atoms with van der Waals surface area (Å²) in [4.78, 5) is 16.7. The van der Waals surface area contributed by atoms with E-state index in [2.05, 4.69) is 15.7 Å². The Morgan fingerprint density at radius 1 is 1.40 bits per heavy atom. The third-order valence-corrected chi connectivity index (χ3v) is 5.42. The van der Waals surface area contributed by atoms with Crippen molar-refractivity contribution in [2.24, 2.45) is 11.1 Å². The average molecular weight is 293 g/mol. The van der Waals surface area contributed by atoms with Crippen molar-refractivity contribution < 1.29 is 4.79 Å². The number of aromatic nitrogens is 1. The number of amides is 1. The van der Waals surface area contributed by atoms with E-state index in [1.807, 2.05) is 0 Å². The molecule has 0 saturated heterocycles. The van der Waals surface area contributed by atoms with Gasteiger partial charge in [0.25, 0.3) is 0 Å². The number of rotatable bonds is 5. The van der Waals surface area contributed by atoms with E-state index < -0.39 is 0 Å². The van der Waals surface area contributed by atoms with Gasteiger partial charge in [0.1, 0.15) is 0 Å². The van der Waals surface area contributed by atoms with Crippen molar-refractivity contribution >= 4 is 22.4 Å². The van der Waals surface area contributed by atoms with E-state index >= 15 is 0 Å². The first-order valence-electron chi connectivity index (χ1n) is 7.66. The highest BCUT2D eigenvalue weighted by atomic mass is 32.1. The second-order valence-electron chi connectivity index (χ2n) is 6.34. The molecule has 2 aliphatic carbocycles. The van der Waals surface area contributed by atoms with Crippen LogP contribution in [-0.2, 0) is 4.79 Å². The van der Waals surface area contributed by atoms with Gasteiger partial charge in [-0.1, -0.05) is 19.3 Å². The van der Waals surface area contributed by atoms with Crippen molar-refractivity contribution in [3.8, 4) is 0 Å². The van der Waals surface area contributed by atoms with Gasteiger partial charge < -0.3 is 11.1 Å². The van der Waals surface area contributed by atoms with Crippen LogP contribution in [0.15, 0.2) is 5.38 Å². The van der Waals surface area contributed by atoms with E-state index in [1.165, 1.54) is 32.1 Å². The summed E-state index contributed by atoms with van der Waals surface area (Å²) >= 11 is 1.54. The van der Waals surface area contributed by atoms with Crippen molar-refractivity contribution in [3.05, 3.63) is 11.1 Å². The maximum atomic E-state index is 12.2. The number of hydrogen-bond acceptors (Lipinski definition) is 4. The highest BCUT2D eigenvalue weighted by Crippen LogP contribution is 2.41. The van der Waals surface area contributed by atoms with E-state index in [0.29, 0.717) is 18.9 Å². The zero-order chi connectivity index (χ0) is 14.0. The van der Waals surface area contributed by atoms with Crippen LogP contribution in [0.4, 0.5) is 5.13 Å². The third-order valence-electron chi connectivity index (χ3n) is 4.65. The molecule has 3 N–H and O–H groups in total. The van der Waals surface area contributed by atoms with Crippen LogP contribution >= 0.6 is 11.3 Å². The molecule has 1 heterocycles. The van der Waals surface area contributed by atoms with Crippen LogP contribution in [0.2, 0.25) is 0 Å². The lowest BCUT2D eigenvalue weighted by Crippen LogP contribution is -2.36. The summed E-state index contributed by atoms with van der Waals surface area (Å²) in [5, 5.41) is 5.79. The van der Waals surface area contributed by atoms with E-state index in [4.69, 9.17) is 5.73 Å². The number of nitrogens with two attached hydrogens (primary N) is 1. The standard InChI is InChI=1S/C15H23N3OS/c16-10-15(6-2-1-3-7-15)8-13(19)18-14-17-12(9-20-14)11-4-5-11/h9,11H,1-8,10,16H2,(H,17,18,19). The van der Waals surface area contributed by atoms with Crippen molar-refractivity contribution in [2.45, 2.75) is 57.3 Å². The molecule has 0 aliphatic heterocycles. The van der Waals surface area contributed by atoms with Gasteiger partial charge in [-0.05, 0) is 37.6 Å². The predicted molar refractivity (Wildman–Crippen MR) is 81.9 cm³/mol. The Morgan fingerprint density at radius 3 is 2.80 bits per heavy atom. The van der Waals surface area contributed by atoms with Crippen LogP contribution in [0, 0.1) is 5.41 Å². The molecule has 0 bridgehead atoms. The number of thiazole rings is 1. The highest BCUT2D eigenvalue weighted by Gasteiger charge is 2.33. The molecule has 2 aliphatic rings. The molecule has 1 amide bonds. The lowest BCUT2D eigenvalue weighted by molar-refractivity contribution is -0.118. The molecule has 1 aromatic rings. The van der Waals surface area contributed by atoms with E-state index in [1.54, 1.807) is 11.3 Å². The molecular formula is C15H23N3OS. The monoisotopic (exact) mass is 293 g/mol. The van der Waals surface area contributed by atoms with Crippen LogP contribution in [0.25, 0.3) is 0 Å². The quantitative estimate of drug-likeness (QED) is 0.875. The molecule has 0 unspecified atom stereocenters. The number of anilines is 1. The summed E-state index contributed by atoms with van der Waals surface area (Å²) in [5.74, 6) is 0.722. The van der Waals surface area contributed by atoms with Crippen molar-refractivity contribution in [2.75, 3.05) is 11.9 Å². The molecule has 5 heteroatoms. The summed E-state index contributed by atoms with van der Waals surface area (Å²) in [6, 6.07) is 0. The van der Waals surface area contributed by atoms with Crippen LogP contribution in [0.5, 0.6) is 0 Å². The smallest absolute Gasteiger partial charge is 0.226 e. The van der Waals surface area contributed by atoms with Gasteiger partial charge in [0, 0.05) is 17.7 Å². The minimum atomic E-state index is 0.0267. The van der Waals surface area contributed by atoms with Gasteiger partial charge in [-0.3, -0.25) is 4.79 Å². The van der Waals surface area contributed by atoms with Crippen LogP contribution < -0.4 is 11.1 Å². The van der Waals surface area contributed by atoms with E-state index in [0.717, 1.165) is 23.7 Å². The molecule has 0 aromatic carbocycles. The molecular weight excluding hydrogens is 270 g/mol. The lowest BCUT2D eigenvalue weighted by Gasteiger charge is -2.35. The van der Waals surface area contributed by atoms with Crippen LogP contribution in [0.1, 0.15) is 63.0 Å². The number of carbonyl (C=O) groups excluding carboxylic acids is 1. The Hall–Kier alpha value is -0.940. The summed E-state index contributed by atoms with van der Waals surface area (Å²) in [5.41, 5.74) is 7.12. The topological polar surface area (TPSA) is 68.0 Å². The normalized spacial score (nSPS) is 21.6. The Bertz CT molecular complexity index is 475. The maximum absolute atomic E-state index is 12.2. The van der Waals surface area contributed by atoms with Gasteiger partial charge >= 0.3 is 0 Å². The minimum absolute atomic E-state index is 0.0267. The summed E-state index contributed by atoms with van der Waals surface area (Å²) in [7, 11) is 0. The molecule has 0 radical (unpaired) electrons. The van der Waals surface area contributed by atoms with Crippen molar-refractivity contribution in [1.29, 1.82) is 0 Å².